The summed E-state index contributed by atoms with van der Waals surface area (Å²) in [5.41, 5.74) is -0.142. The van der Waals surface area contributed by atoms with E-state index in [1.807, 2.05) is 6.92 Å². The minimum Gasteiger partial charge on any atom is -0.496 e. The maximum Gasteiger partial charge on any atom is 0.341 e. The van der Waals surface area contributed by atoms with Gasteiger partial charge in [-0.05, 0) is 32.6 Å². The highest BCUT2D eigenvalue weighted by Crippen LogP contribution is 2.33. The lowest BCUT2D eigenvalue weighted by Crippen LogP contribution is -2.46. The van der Waals surface area contributed by atoms with Crippen LogP contribution < -0.4 is 14.8 Å². The largest absolute Gasteiger partial charge is 0.496 e. The first-order valence-corrected chi connectivity index (χ1v) is 7.76. The number of amides is 1. The molecule has 1 aromatic rings. The number of ether oxygens (including phenoxy) is 3. The quantitative estimate of drug-likeness (QED) is 0.636. The third-order valence-corrected chi connectivity index (χ3v) is 4.40. The highest BCUT2D eigenvalue weighted by atomic mass is 19.1. The van der Waals surface area contributed by atoms with Crippen molar-refractivity contribution in [3.63, 3.8) is 0 Å². The Kier molecular flexibility index (Phi) is 5.64. The monoisotopic (exact) mass is 339 g/mol. The third-order valence-electron chi connectivity index (χ3n) is 4.40. The predicted molar refractivity (Wildman–Crippen MR) is 84.8 cm³/mol. The van der Waals surface area contributed by atoms with Gasteiger partial charge in [-0.1, -0.05) is 0 Å². The van der Waals surface area contributed by atoms with Gasteiger partial charge in [-0.25, -0.2) is 9.18 Å². The van der Waals surface area contributed by atoms with Crippen LogP contribution in [0.1, 0.15) is 43.0 Å². The van der Waals surface area contributed by atoms with E-state index in [0.717, 1.165) is 18.9 Å². The van der Waals surface area contributed by atoms with Gasteiger partial charge in [0.25, 0.3) is 0 Å². The van der Waals surface area contributed by atoms with Crippen LogP contribution in [0.2, 0.25) is 0 Å². The number of halogens is 1. The minimum atomic E-state index is -0.622. The zero-order chi connectivity index (χ0) is 17.7. The molecule has 1 fully saturated rings. The minimum absolute atomic E-state index is 0.00634. The molecule has 1 aromatic carbocycles. The van der Waals surface area contributed by atoms with Gasteiger partial charge in [0.1, 0.15) is 11.3 Å². The first-order chi connectivity index (χ1) is 11.4. The Hall–Kier alpha value is -2.31. The lowest BCUT2D eigenvalue weighted by Gasteiger charge is -2.36. The number of nitrogens with one attached hydrogen (secondary N) is 1. The molecule has 0 atom stereocenters. The van der Waals surface area contributed by atoms with Crippen LogP contribution in [-0.2, 0) is 9.53 Å². The van der Waals surface area contributed by atoms with Crippen LogP contribution in [0.25, 0.3) is 0 Å². The molecule has 1 aliphatic rings. The molecule has 0 aromatic heterocycles. The van der Waals surface area contributed by atoms with Crippen molar-refractivity contribution in [1.82, 2.24) is 5.32 Å². The zero-order valence-electron chi connectivity index (χ0n) is 14.1. The fourth-order valence-electron chi connectivity index (χ4n) is 2.88. The Morgan fingerprint density at radius 2 is 1.96 bits per heavy atom. The first-order valence-electron chi connectivity index (χ1n) is 7.76. The van der Waals surface area contributed by atoms with E-state index in [9.17, 15) is 14.0 Å². The van der Waals surface area contributed by atoms with Crippen LogP contribution >= 0.6 is 0 Å². The van der Waals surface area contributed by atoms with Gasteiger partial charge >= 0.3 is 5.97 Å². The predicted octanol–water partition coefficient (Wildman–Crippen LogP) is 2.45. The summed E-state index contributed by atoms with van der Waals surface area (Å²) >= 11 is 0. The van der Waals surface area contributed by atoms with Gasteiger partial charge < -0.3 is 19.5 Å². The van der Waals surface area contributed by atoms with Crippen LogP contribution in [0.3, 0.4) is 0 Å². The highest BCUT2D eigenvalue weighted by molar-refractivity contribution is 5.93. The molecule has 132 valence electrons. The van der Waals surface area contributed by atoms with E-state index in [1.165, 1.54) is 20.3 Å². The molecule has 0 bridgehead atoms. The number of carbonyl (C=O) groups is 2. The molecule has 1 N–H and O–H groups in total. The molecule has 24 heavy (non-hydrogen) atoms. The maximum atomic E-state index is 14.2. The molecule has 0 heterocycles. The fraction of sp³-hybridized carbons (Fsp3) is 0.529. The summed E-state index contributed by atoms with van der Waals surface area (Å²) in [5.74, 6) is -1.13. The Labute approximate surface area is 140 Å². The Bertz CT molecular complexity index is 611. The summed E-state index contributed by atoms with van der Waals surface area (Å²) in [5, 5.41) is 2.82. The van der Waals surface area contributed by atoms with Crippen molar-refractivity contribution < 1.29 is 28.2 Å². The molecule has 1 saturated carbocycles. The molecule has 0 unspecified atom stereocenters. The van der Waals surface area contributed by atoms with Gasteiger partial charge in [-0.2, -0.15) is 0 Å². The van der Waals surface area contributed by atoms with Crippen molar-refractivity contribution in [2.24, 2.45) is 0 Å². The molecule has 6 nitrogen and oxygen atoms in total. The van der Waals surface area contributed by atoms with Crippen molar-refractivity contribution in [1.29, 1.82) is 0 Å². The molecule has 7 heteroatoms. The van der Waals surface area contributed by atoms with Gasteiger partial charge in [0, 0.05) is 17.7 Å². The van der Waals surface area contributed by atoms with Crippen molar-refractivity contribution in [2.45, 2.75) is 44.2 Å². The number of hydrogen-bond donors (Lipinski definition) is 1. The summed E-state index contributed by atoms with van der Waals surface area (Å²) in [6.07, 6.45) is 3.34. The van der Waals surface area contributed by atoms with E-state index < -0.39 is 11.8 Å². The average molecular weight is 339 g/mol. The number of rotatable bonds is 6. The third kappa shape index (κ3) is 3.96. The van der Waals surface area contributed by atoms with Crippen molar-refractivity contribution >= 4 is 12.4 Å². The summed E-state index contributed by atoms with van der Waals surface area (Å²) in [7, 11) is 2.59. The SMILES string of the molecule is COC(=O)c1cc(O[C@H]2CC[C@@](C)(NC=O)CC2)c(F)cc1OC. The Morgan fingerprint density at radius 1 is 1.29 bits per heavy atom. The smallest absolute Gasteiger partial charge is 0.341 e. The highest BCUT2D eigenvalue weighted by Gasteiger charge is 2.32. The van der Waals surface area contributed by atoms with E-state index in [0.29, 0.717) is 19.3 Å². The molecular weight excluding hydrogens is 317 g/mol. The second-order valence-electron chi connectivity index (χ2n) is 6.11. The van der Waals surface area contributed by atoms with Crippen LogP contribution in [0.15, 0.2) is 12.1 Å². The van der Waals surface area contributed by atoms with E-state index in [-0.39, 0.29) is 28.7 Å². The van der Waals surface area contributed by atoms with E-state index in [2.05, 4.69) is 10.1 Å². The topological polar surface area (TPSA) is 73.9 Å². The number of carbonyl (C=O) groups excluding carboxylic acids is 2. The second kappa shape index (κ2) is 7.51. The zero-order valence-corrected chi connectivity index (χ0v) is 14.1. The van der Waals surface area contributed by atoms with Crippen LogP contribution in [0.5, 0.6) is 11.5 Å². The molecule has 0 saturated heterocycles. The van der Waals surface area contributed by atoms with Gasteiger partial charge in [0.15, 0.2) is 11.6 Å². The number of methoxy groups -OCH3 is 2. The summed E-state index contributed by atoms with van der Waals surface area (Å²) in [6.45, 7) is 1.97. The van der Waals surface area contributed by atoms with Crippen molar-refractivity contribution in [3.8, 4) is 11.5 Å². The lowest BCUT2D eigenvalue weighted by atomic mass is 9.82. The maximum absolute atomic E-state index is 14.2. The Balaban J connectivity index is 2.13. The standard InChI is InChI=1S/C17H22FNO5/c1-17(19-10-20)6-4-11(5-7-17)24-15-8-12(16(21)23-3)14(22-2)9-13(15)18/h8-11H,4-7H2,1-3H3,(H,19,20)/t11-,17+. The van der Waals surface area contributed by atoms with Gasteiger partial charge in [-0.15, -0.1) is 0 Å². The fourth-order valence-corrected chi connectivity index (χ4v) is 2.88. The number of hydrogen-bond acceptors (Lipinski definition) is 5. The molecule has 1 aliphatic carbocycles. The first kappa shape index (κ1) is 18.0. The van der Waals surface area contributed by atoms with Crippen molar-refractivity contribution in [2.75, 3.05) is 14.2 Å². The Morgan fingerprint density at radius 3 is 2.50 bits per heavy atom. The van der Waals surface area contributed by atoms with Crippen LogP contribution in [-0.4, -0.2) is 38.2 Å². The number of esters is 1. The van der Waals surface area contributed by atoms with Gasteiger partial charge in [0.2, 0.25) is 6.41 Å². The molecule has 2 rings (SSSR count). The van der Waals surface area contributed by atoms with E-state index in [1.54, 1.807) is 0 Å². The van der Waals surface area contributed by atoms with E-state index in [4.69, 9.17) is 9.47 Å². The summed E-state index contributed by atoms with van der Waals surface area (Å²) in [4.78, 5) is 22.4. The summed E-state index contributed by atoms with van der Waals surface area (Å²) in [6, 6.07) is 2.42. The summed E-state index contributed by atoms with van der Waals surface area (Å²) < 4.78 is 29.6. The second-order valence-corrected chi connectivity index (χ2v) is 6.11. The molecule has 1 amide bonds. The molecule has 0 spiro atoms. The van der Waals surface area contributed by atoms with Crippen molar-refractivity contribution in [3.05, 3.63) is 23.5 Å². The average Bonchev–Trinajstić information content (AvgIpc) is 2.57. The number of benzene rings is 1. The van der Waals surface area contributed by atoms with Crippen LogP contribution in [0, 0.1) is 5.82 Å². The van der Waals surface area contributed by atoms with E-state index >= 15 is 0 Å². The molecule has 0 aliphatic heterocycles. The molecular formula is C17H22FNO5. The molecule has 0 radical (unpaired) electrons. The van der Waals surface area contributed by atoms with Gasteiger partial charge in [0.05, 0.1) is 20.3 Å². The lowest BCUT2D eigenvalue weighted by molar-refractivity contribution is -0.111. The van der Waals surface area contributed by atoms with Crippen LogP contribution in [0.4, 0.5) is 4.39 Å². The normalized spacial score (nSPS) is 23.2. The van der Waals surface area contributed by atoms with Gasteiger partial charge in [-0.3, -0.25) is 4.79 Å².